The molecule has 0 bridgehead atoms. The Balaban J connectivity index is 1.30. The van der Waals surface area contributed by atoms with E-state index in [-0.39, 0.29) is 12.4 Å². The van der Waals surface area contributed by atoms with Crippen LogP contribution < -0.4 is 0 Å². The van der Waals surface area contributed by atoms with Gasteiger partial charge in [-0.3, -0.25) is 4.90 Å². The van der Waals surface area contributed by atoms with Gasteiger partial charge in [0.1, 0.15) is 6.29 Å². The highest BCUT2D eigenvalue weighted by atomic mass is 28.4. The smallest absolute Gasteiger partial charge is 0.333 e. The lowest BCUT2D eigenvalue weighted by molar-refractivity contribution is -0.150. The second-order valence-electron chi connectivity index (χ2n) is 22.7. The van der Waals surface area contributed by atoms with Crippen LogP contribution in [0, 0.1) is 64.6 Å². The lowest BCUT2D eigenvalue weighted by atomic mass is 9.47. The maximum Gasteiger partial charge on any atom is 0.333 e. The van der Waals surface area contributed by atoms with Crippen molar-refractivity contribution in [2.24, 2.45) is 52.3 Å². The predicted octanol–water partition coefficient (Wildman–Crippen LogP) is 16.8. The molecule has 0 saturated heterocycles. The van der Waals surface area contributed by atoms with Gasteiger partial charge in [0, 0.05) is 6.61 Å². The number of allylic oxidation sites excluding steroid dienone is 7. The summed E-state index contributed by atoms with van der Waals surface area (Å²) in [6.07, 6.45) is 54.1. The topological polar surface area (TPSA) is 30.9 Å². The standard InChI is InChI=1S/C59H103NO3Si/c1-12-15-16-17-18-19-20-21-22-23-24-25-26-27-30-33-57(63-64(10,11)61-46-32-29-28-31-45-60(9)44-13-2)62-52-40-42-58(7)51(47-52)36-37-53-55-39-38-54(59(55,8)43-41-56(53)58)49(6)34-35-50(14-3)48(4)5/h2,18-19,21-22,34-36,48-50,52-57H,12,14-17,20,23-33,37-47H2,1,3-11H3/b19-18-,22-21-,35-34+. The van der Waals surface area contributed by atoms with Crippen LogP contribution in [0.3, 0.4) is 0 Å². The van der Waals surface area contributed by atoms with Crippen LogP contribution >= 0.6 is 0 Å². The number of hydrogen-bond acceptors (Lipinski definition) is 4. The number of rotatable bonds is 32. The molecule has 0 aromatic heterocycles. The molecule has 64 heavy (non-hydrogen) atoms. The van der Waals surface area contributed by atoms with Gasteiger partial charge in [0.15, 0.2) is 0 Å². The summed E-state index contributed by atoms with van der Waals surface area (Å²) in [7, 11) is -0.257. The molecule has 366 valence electrons. The van der Waals surface area contributed by atoms with Crippen molar-refractivity contribution >= 4 is 8.56 Å². The van der Waals surface area contributed by atoms with Gasteiger partial charge < -0.3 is 13.6 Å². The van der Waals surface area contributed by atoms with E-state index >= 15 is 0 Å². The predicted molar refractivity (Wildman–Crippen MR) is 279 cm³/mol. The first-order chi connectivity index (χ1) is 30.8. The number of hydrogen-bond donors (Lipinski definition) is 0. The van der Waals surface area contributed by atoms with E-state index in [4.69, 9.17) is 20.0 Å². The summed E-state index contributed by atoms with van der Waals surface area (Å²) < 4.78 is 20.7. The minimum absolute atomic E-state index is 0.174. The largest absolute Gasteiger partial charge is 0.394 e. The maximum atomic E-state index is 7.12. The Morgan fingerprint density at radius 3 is 2.25 bits per heavy atom. The maximum absolute atomic E-state index is 7.12. The fraction of sp³-hybridized carbons (Fsp3) is 0.831. The zero-order valence-electron chi connectivity index (χ0n) is 43.8. The molecule has 0 spiro atoms. The van der Waals surface area contributed by atoms with Crippen molar-refractivity contribution in [3.05, 3.63) is 48.1 Å². The normalized spacial score (nSPS) is 28.7. The van der Waals surface area contributed by atoms with Crippen LogP contribution in [-0.2, 0) is 13.6 Å². The number of nitrogens with zero attached hydrogens (tertiary/aromatic N) is 1. The van der Waals surface area contributed by atoms with Gasteiger partial charge in [-0.15, -0.1) is 6.42 Å². The molecule has 10 unspecified atom stereocenters. The summed E-state index contributed by atoms with van der Waals surface area (Å²) in [5, 5.41) is 0. The first-order valence-corrected chi connectivity index (χ1v) is 30.4. The van der Waals surface area contributed by atoms with Gasteiger partial charge in [-0.1, -0.05) is 147 Å². The van der Waals surface area contributed by atoms with Gasteiger partial charge in [-0.25, -0.2) is 0 Å². The summed E-state index contributed by atoms with van der Waals surface area (Å²) in [4.78, 5) is 2.23. The molecule has 4 aliphatic rings. The van der Waals surface area contributed by atoms with Crippen LogP contribution in [-0.4, -0.2) is 52.6 Å². The molecule has 4 aliphatic carbocycles. The molecule has 0 aromatic rings. The average molecular weight is 903 g/mol. The van der Waals surface area contributed by atoms with Crippen LogP contribution in [0.2, 0.25) is 13.1 Å². The van der Waals surface area contributed by atoms with Crippen LogP contribution in [0.25, 0.3) is 0 Å². The lowest BCUT2D eigenvalue weighted by Gasteiger charge is -2.58. The van der Waals surface area contributed by atoms with E-state index in [0.717, 1.165) is 87.8 Å². The van der Waals surface area contributed by atoms with Crippen molar-refractivity contribution in [1.29, 1.82) is 0 Å². The number of ether oxygens (including phenoxy) is 1. The molecule has 3 fully saturated rings. The average Bonchev–Trinajstić information content (AvgIpc) is 3.62. The van der Waals surface area contributed by atoms with Crippen LogP contribution in [0.5, 0.6) is 0 Å². The van der Waals surface area contributed by atoms with Crippen LogP contribution in [0.4, 0.5) is 0 Å². The molecule has 10 atom stereocenters. The van der Waals surface area contributed by atoms with Gasteiger partial charge in [0.05, 0.1) is 12.6 Å². The van der Waals surface area contributed by atoms with Crippen LogP contribution in [0.15, 0.2) is 48.1 Å². The molecule has 0 aliphatic heterocycles. The van der Waals surface area contributed by atoms with Gasteiger partial charge >= 0.3 is 8.56 Å². The summed E-state index contributed by atoms with van der Waals surface area (Å²) >= 11 is 0. The Labute approximate surface area is 399 Å². The fourth-order valence-electron chi connectivity index (χ4n) is 13.2. The van der Waals surface area contributed by atoms with Crippen molar-refractivity contribution < 1.29 is 13.6 Å². The number of unbranched alkanes of at least 4 members (excludes halogenated alkanes) is 11. The molecular formula is C59H103NO3Si. The molecule has 4 rings (SSSR count). The molecule has 3 saturated carbocycles. The fourth-order valence-corrected chi connectivity index (χ4v) is 14.7. The van der Waals surface area contributed by atoms with E-state index in [0.29, 0.717) is 22.7 Å². The highest BCUT2D eigenvalue weighted by Crippen LogP contribution is 2.67. The lowest BCUT2D eigenvalue weighted by Crippen LogP contribution is -2.51. The molecule has 0 amide bonds. The van der Waals surface area contributed by atoms with Crippen molar-refractivity contribution in [2.45, 2.75) is 234 Å². The van der Waals surface area contributed by atoms with Gasteiger partial charge in [0.25, 0.3) is 0 Å². The zero-order valence-corrected chi connectivity index (χ0v) is 44.8. The summed E-state index contributed by atoms with van der Waals surface area (Å²) in [6, 6.07) is 0. The van der Waals surface area contributed by atoms with Gasteiger partial charge in [-0.05, 0) is 195 Å². The van der Waals surface area contributed by atoms with Crippen molar-refractivity contribution in [2.75, 3.05) is 26.7 Å². The molecule has 0 N–H and O–H groups in total. The van der Waals surface area contributed by atoms with Crippen LogP contribution in [0.1, 0.15) is 209 Å². The van der Waals surface area contributed by atoms with E-state index < -0.39 is 8.56 Å². The minimum atomic E-state index is -2.37. The number of terminal acetylenes is 1. The van der Waals surface area contributed by atoms with E-state index in [1.807, 2.05) is 0 Å². The minimum Gasteiger partial charge on any atom is -0.394 e. The van der Waals surface area contributed by atoms with Gasteiger partial charge in [-0.2, -0.15) is 0 Å². The quantitative estimate of drug-likeness (QED) is 0.0221. The highest BCUT2D eigenvalue weighted by molar-refractivity contribution is 6.64. The second kappa shape index (κ2) is 28.8. The zero-order chi connectivity index (χ0) is 46.4. The van der Waals surface area contributed by atoms with E-state index in [2.05, 4.69) is 122 Å². The Morgan fingerprint density at radius 1 is 0.828 bits per heavy atom. The molecule has 0 radical (unpaired) electrons. The van der Waals surface area contributed by atoms with Crippen molar-refractivity contribution in [3.63, 3.8) is 0 Å². The molecule has 0 aromatic carbocycles. The first kappa shape index (κ1) is 55.2. The molecule has 5 heteroatoms. The Kier molecular flexibility index (Phi) is 24.8. The third-order valence-corrected chi connectivity index (χ3v) is 18.9. The third kappa shape index (κ3) is 17.3. The second-order valence-corrected chi connectivity index (χ2v) is 26.0. The Hall–Kier alpha value is -1.42. The third-order valence-electron chi connectivity index (χ3n) is 17.2. The van der Waals surface area contributed by atoms with Gasteiger partial charge in [0.2, 0.25) is 0 Å². The van der Waals surface area contributed by atoms with E-state index in [1.165, 1.54) is 122 Å². The van der Waals surface area contributed by atoms with E-state index in [1.54, 1.807) is 5.57 Å². The van der Waals surface area contributed by atoms with Crippen molar-refractivity contribution in [3.8, 4) is 12.3 Å². The summed E-state index contributed by atoms with van der Waals surface area (Å²) in [5.74, 6) is 8.23. The first-order valence-electron chi connectivity index (χ1n) is 27.5. The highest BCUT2D eigenvalue weighted by Gasteiger charge is 2.59. The Morgan fingerprint density at radius 2 is 1.53 bits per heavy atom. The SMILES string of the molecule is C#CCN(C)CCCCCCO[Si](C)(C)OC(CCCCCCC/C=C\C/C=C\CCCCC)OC1CCC2(C)C(=CCC3C2CCC2(C)C(C(C)/C=C/C(CC)C(C)C)CCC32)C1. The van der Waals surface area contributed by atoms with Crippen molar-refractivity contribution in [1.82, 2.24) is 4.90 Å². The summed E-state index contributed by atoms with van der Waals surface area (Å²) in [6.45, 7) is 24.4. The summed E-state index contributed by atoms with van der Waals surface area (Å²) in [5.41, 5.74) is 2.52. The Bertz CT molecular complexity index is 1460. The monoisotopic (exact) mass is 902 g/mol. The number of fused-ring (bicyclic) bond motifs is 5. The molecule has 4 nitrogen and oxygen atoms in total. The van der Waals surface area contributed by atoms with E-state index in [9.17, 15) is 0 Å². The molecule has 0 heterocycles. The molecular weight excluding hydrogens is 799 g/mol.